The molecule has 0 atom stereocenters. The van der Waals surface area contributed by atoms with E-state index in [1.54, 1.807) is 25.3 Å². The number of hydrogen-bond donors (Lipinski definition) is 1. The highest BCUT2D eigenvalue weighted by atomic mass is 19.1. The number of nitrogens with zero attached hydrogens (tertiary/aromatic N) is 2. The molecule has 0 spiro atoms. The number of aromatic nitrogens is 2. The molecule has 0 saturated carbocycles. The van der Waals surface area contributed by atoms with Crippen LogP contribution in [0.1, 0.15) is 6.92 Å². The second-order valence-electron chi connectivity index (χ2n) is 3.43. The molecule has 0 radical (unpaired) electrons. The van der Waals surface area contributed by atoms with Crippen LogP contribution in [0.5, 0.6) is 11.6 Å². The van der Waals surface area contributed by atoms with Crippen molar-refractivity contribution in [3.8, 4) is 11.6 Å². The Morgan fingerprint density at radius 1 is 1.33 bits per heavy atom. The molecule has 94 valence electrons. The number of halogens is 2. The first-order valence-electron chi connectivity index (χ1n) is 5.38. The highest BCUT2D eigenvalue weighted by molar-refractivity contribution is 5.40. The molecule has 0 fully saturated rings. The summed E-state index contributed by atoms with van der Waals surface area (Å²) in [7, 11) is 0. The number of nitrogens with one attached hydrogen (secondary N) is 1. The van der Waals surface area contributed by atoms with Crippen molar-refractivity contribution in [2.75, 3.05) is 11.9 Å². The Bertz CT molecular complexity index is 534. The smallest absolute Gasteiger partial charge is 0.258 e. The summed E-state index contributed by atoms with van der Waals surface area (Å²) in [6.07, 6.45) is 2.97. The molecule has 0 saturated heterocycles. The fourth-order valence-corrected chi connectivity index (χ4v) is 1.33. The van der Waals surface area contributed by atoms with Gasteiger partial charge in [0.05, 0.1) is 6.20 Å². The largest absolute Gasteiger partial charge is 0.435 e. The number of hydrogen-bond acceptors (Lipinski definition) is 4. The molecular weight excluding hydrogens is 240 g/mol. The Morgan fingerprint density at radius 2 is 2.17 bits per heavy atom. The molecule has 0 aromatic carbocycles. The monoisotopic (exact) mass is 251 g/mol. The van der Waals surface area contributed by atoms with Crippen LogP contribution in [0.3, 0.4) is 0 Å². The number of rotatable bonds is 4. The van der Waals surface area contributed by atoms with Gasteiger partial charge in [-0.1, -0.05) is 0 Å². The normalized spacial score (nSPS) is 10.2. The zero-order valence-electron chi connectivity index (χ0n) is 9.65. The molecule has 18 heavy (non-hydrogen) atoms. The summed E-state index contributed by atoms with van der Waals surface area (Å²) in [5.41, 5.74) is 0. The van der Waals surface area contributed by atoms with E-state index in [4.69, 9.17) is 4.74 Å². The van der Waals surface area contributed by atoms with E-state index in [-0.39, 0.29) is 11.7 Å². The van der Waals surface area contributed by atoms with Gasteiger partial charge in [-0.25, -0.2) is 8.78 Å². The summed E-state index contributed by atoms with van der Waals surface area (Å²) in [6, 6.07) is 3.98. The highest BCUT2D eigenvalue weighted by Gasteiger charge is 2.13. The minimum absolute atomic E-state index is 0.0437. The van der Waals surface area contributed by atoms with Gasteiger partial charge < -0.3 is 10.1 Å². The third kappa shape index (κ3) is 2.71. The van der Waals surface area contributed by atoms with Gasteiger partial charge in [0, 0.05) is 18.8 Å². The molecule has 2 aromatic rings. The second-order valence-corrected chi connectivity index (χ2v) is 3.43. The Kier molecular flexibility index (Phi) is 3.66. The van der Waals surface area contributed by atoms with Crippen molar-refractivity contribution in [3.05, 3.63) is 42.2 Å². The summed E-state index contributed by atoms with van der Waals surface area (Å²) in [5.74, 6) is -1.62. The molecule has 2 heterocycles. The van der Waals surface area contributed by atoms with Crippen LogP contribution in [-0.4, -0.2) is 16.5 Å². The van der Waals surface area contributed by atoms with E-state index in [0.29, 0.717) is 12.3 Å². The van der Waals surface area contributed by atoms with Crippen molar-refractivity contribution >= 4 is 5.82 Å². The fourth-order valence-electron chi connectivity index (χ4n) is 1.33. The first-order valence-corrected chi connectivity index (χ1v) is 5.38. The van der Waals surface area contributed by atoms with Crippen molar-refractivity contribution in [3.63, 3.8) is 0 Å². The van der Waals surface area contributed by atoms with Crippen LogP contribution in [0.15, 0.2) is 30.6 Å². The first kappa shape index (κ1) is 12.2. The van der Waals surface area contributed by atoms with Gasteiger partial charge in [-0.15, -0.1) is 0 Å². The summed E-state index contributed by atoms with van der Waals surface area (Å²) < 4.78 is 32.0. The topological polar surface area (TPSA) is 47.0 Å². The Labute approximate surface area is 103 Å². The number of anilines is 1. The lowest BCUT2D eigenvalue weighted by Crippen LogP contribution is -2.04. The minimum Gasteiger partial charge on any atom is -0.435 e. The lowest BCUT2D eigenvalue weighted by Gasteiger charge is -2.09. The maximum absolute atomic E-state index is 13.5. The Morgan fingerprint density at radius 3 is 2.83 bits per heavy atom. The predicted octanol–water partition coefficient (Wildman–Crippen LogP) is 2.98. The lowest BCUT2D eigenvalue weighted by molar-refractivity contribution is 0.416. The second kappa shape index (κ2) is 5.39. The van der Waals surface area contributed by atoms with E-state index in [2.05, 4.69) is 15.3 Å². The van der Waals surface area contributed by atoms with E-state index >= 15 is 0 Å². The van der Waals surface area contributed by atoms with Gasteiger partial charge in [-0.3, -0.25) is 4.98 Å². The molecule has 1 N–H and O–H groups in total. The minimum atomic E-state index is -0.863. The van der Waals surface area contributed by atoms with E-state index in [9.17, 15) is 8.78 Å². The Balaban J connectivity index is 2.30. The number of ether oxygens (including phenoxy) is 1. The van der Waals surface area contributed by atoms with Gasteiger partial charge in [0.1, 0.15) is 5.75 Å². The average Bonchev–Trinajstić information content (AvgIpc) is 2.37. The molecule has 0 unspecified atom stereocenters. The number of pyridine rings is 2. The van der Waals surface area contributed by atoms with Gasteiger partial charge in [0.25, 0.3) is 5.88 Å². The van der Waals surface area contributed by atoms with Crippen molar-refractivity contribution in [1.82, 2.24) is 9.97 Å². The molecule has 0 bridgehead atoms. The highest BCUT2D eigenvalue weighted by Crippen LogP contribution is 2.25. The molecule has 2 aromatic heterocycles. The van der Waals surface area contributed by atoms with Gasteiger partial charge in [0.2, 0.25) is 0 Å². The Hall–Kier alpha value is -2.24. The molecule has 4 nitrogen and oxygen atoms in total. The SMILES string of the molecule is CCNc1nc(Oc2cccnc2)c(F)cc1F. The quantitative estimate of drug-likeness (QED) is 0.907. The third-order valence-corrected chi connectivity index (χ3v) is 2.09. The van der Waals surface area contributed by atoms with Gasteiger partial charge in [-0.2, -0.15) is 4.98 Å². The standard InChI is InChI=1S/C12H11F2N3O/c1-2-16-11-9(13)6-10(14)12(17-11)18-8-4-3-5-15-7-8/h3-7H,2H2,1H3,(H,16,17). The average molecular weight is 251 g/mol. The van der Waals surface area contributed by atoms with E-state index in [1.807, 2.05) is 0 Å². The van der Waals surface area contributed by atoms with Gasteiger partial charge in [-0.05, 0) is 19.1 Å². The van der Waals surface area contributed by atoms with Crippen molar-refractivity contribution in [2.45, 2.75) is 6.92 Å². The molecule has 0 amide bonds. The molecule has 6 heteroatoms. The van der Waals surface area contributed by atoms with Crippen molar-refractivity contribution < 1.29 is 13.5 Å². The van der Waals surface area contributed by atoms with E-state index in [1.165, 1.54) is 6.20 Å². The van der Waals surface area contributed by atoms with Crippen LogP contribution in [-0.2, 0) is 0 Å². The zero-order valence-corrected chi connectivity index (χ0v) is 9.65. The first-order chi connectivity index (χ1) is 8.70. The summed E-state index contributed by atoms with van der Waals surface area (Å²) in [5, 5.41) is 2.68. The van der Waals surface area contributed by atoms with Crippen LogP contribution < -0.4 is 10.1 Å². The van der Waals surface area contributed by atoms with E-state index in [0.717, 1.165) is 6.07 Å². The predicted molar refractivity (Wildman–Crippen MR) is 62.6 cm³/mol. The zero-order chi connectivity index (χ0) is 13.0. The van der Waals surface area contributed by atoms with Crippen LogP contribution in [0.4, 0.5) is 14.6 Å². The summed E-state index contributed by atoms with van der Waals surface area (Å²) in [6.45, 7) is 2.26. The molecule has 0 aliphatic rings. The third-order valence-electron chi connectivity index (χ3n) is 2.09. The van der Waals surface area contributed by atoms with Crippen molar-refractivity contribution in [1.29, 1.82) is 0 Å². The van der Waals surface area contributed by atoms with Gasteiger partial charge >= 0.3 is 0 Å². The van der Waals surface area contributed by atoms with Crippen LogP contribution in [0, 0.1) is 11.6 Å². The maximum Gasteiger partial charge on any atom is 0.258 e. The summed E-state index contributed by atoms with van der Waals surface area (Å²) >= 11 is 0. The van der Waals surface area contributed by atoms with Gasteiger partial charge in [0.15, 0.2) is 17.5 Å². The van der Waals surface area contributed by atoms with Crippen LogP contribution in [0.2, 0.25) is 0 Å². The molecular formula is C12H11F2N3O. The van der Waals surface area contributed by atoms with Crippen LogP contribution >= 0.6 is 0 Å². The summed E-state index contributed by atoms with van der Waals surface area (Å²) in [4.78, 5) is 7.57. The molecule has 0 aliphatic carbocycles. The maximum atomic E-state index is 13.5. The lowest BCUT2D eigenvalue weighted by atomic mass is 10.4. The van der Waals surface area contributed by atoms with Crippen LogP contribution in [0.25, 0.3) is 0 Å². The fraction of sp³-hybridized carbons (Fsp3) is 0.167. The van der Waals surface area contributed by atoms with Crippen molar-refractivity contribution in [2.24, 2.45) is 0 Å². The molecule has 0 aliphatic heterocycles. The van der Waals surface area contributed by atoms with E-state index < -0.39 is 11.6 Å². The molecule has 2 rings (SSSR count).